The van der Waals surface area contributed by atoms with Crippen molar-refractivity contribution < 1.29 is 22.7 Å². The molecule has 0 rings (SSSR count). The van der Waals surface area contributed by atoms with Gasteiger partial charge in [0.1, 0.15) is 0 Å². The maximum absolute atomic E-state index is 12.2. The number of aliphatic imine (C=N–C) groups is 1. The second kappa shape index (κ2) is 5.41. The van der Waals surface area contributed by atoms with E-state index in [1.165, 1.54) is 6.08 Å². The number of nitrogens with zero attached hydrogens (tertiary/aromatic N) is 1. The van der Waals surface area contributed by atoms with Crippen LogP contribution in [0.2, 0.25) is 0 Å². The number of ether oxygens (including phenoxy) is 1. The fourth-order valence-corrected chi connectivity index (χ4v) is 0.569. The van der Waals surface area contributed by atoms with Crippen LogP contribution in [-0.4, -0.2) is 25.1 Å². The van der Waals surface area contributed by atoms with E-state index >= 15 is 0 Å². The van der Waals surface area contributed by atoms with E-state index in [4.69, 9.17) is 0 Å². The number of amides is 1. The number of hydrogen-bond acceptors (Lipinski definition) is 2. The molecule has 1 amide bonds. The molecular weight excluding hydrogens is 199 g/mol. The van der Waals surface area contributed by atoms with Gasteiger partial charge in [-0.1, -0.05) is 13.0 Å². The molecular formula is C8H10F3NO2. The Morgan fingerprint density at radius 2 is 2.07 bits per heavy atom. The molecule has 3 nitrogen and oxygen atoms in total. The smallest absolute Gasteiger partial charge is 0.433 e. The minimum absolute atomic E-state index is 0.427. The van der Waals surface area contributed by atoms with Crippen LogP contribution >= 0.6 is 0 Å². The number of alkyl halides is 3. The van der Waals surface area contributed by atoms with E-state index in [1.807, 2.05) is 0 Å². The van der Waals surface area contributed by atoms with Crippen LogP contribution < -0.4 is 0 Å². The molecule has 0 aliphatic heterocycles. The monoisotopic (exact) mass is 209 g/mol. The molecule has 0 heterocycles. The van der Waals surface area contributed by atoms with Crippen LogP contribution in [0.1, 0.15) is 13.3 Å². The Balaban J connectivity index is 4.82. The molecule has 6 heteroatoms. The standard InChI is InChI=1S/C8H10F3NO2/c1-3-4-5-6(8(9,10)11)12-7(13)14-2/h4-5H,3H2,1-2H3/b5-4-,12-6?. The van der Waals surface area contributed by atoms with E-state index in [2.05, 4.69) is 9.73 Å². The van der Waals surface area contributed by atoms with Crippen LogP contribution in [-0.2, 0) is 4.74 Å². The highest BCUT2D eigenvalue weighted by Crippen LogP contribution is 2.18. The van der Waals surface area contributed by atoms with E-state index in [0.29, 0.717) is 6.42 Å². The summed E-state index contributed by atoms with van der Waals surface area (Å²) in [4.78, 5) is 13.2. The molecule has 0 atom stereocenters. The lowest BCUT2D eigenvalue weighted by atomic mass is 10.3. The molecule has 0 unspecified atom stereocenters. The minimum atomic E-state index is -4.64. The van der Waals surface area contributed by atoms with Gasteiger partial charge in [-0.3, -0.25) is 0 Å². The minimum Gasteiger partial charge on any atom is -0.451 e. The molecule has 0 radical (unpaired) electrons. The maximum atomic E-state index is 12.2. The number of hydrogen-bond donors (Lipinski definition) is 0. The fraction of sp³-hybridized carbons (Fsp3) is 0.500. The van der Waals surface area contributed by atoms with Gasteiger partial charge in [0.2, 0.25) is 0 Å². The van der Waals surface area contributed by atoms with Crippen LogP contribution in [0.5, 0.6) is 0 Å². The van der Waals surface area contributed by atoms with Crippen LogP contribution in [0.4, 0.5) is 18.0 Å². The Bertz CT molecular complexity index is 256. The van der Waals surface area contributed by atoms with Gasteiger partial charge in [0, 0.05) is 0 Å². The zero-order chi connectivity index (χ0) is 11.2. The van der Waals surface area contributed by atoms with Gasteiger partial charge in [0.05, 0.1) is 7.11 Å². The van der Waals surface area contributed by atoms with E-state index in [1.54, 1.807) is 6.92 Å². The summed E-state index contributed by atoms with van der Waals surface area (Å²) in [5.41, 5.74) is -1.26. The maximum Gasteiger partial charge on any atom is 0.433 e. The van der Waals surface area contributed by atoms with E-state index < -0.39 is 18.0 Å². The van der Waals surface area contributed by atoms with Crippen LogP contribution in [0.15, 0.2) is 17.1 Å². The molecule has 0 aromatic rings. The van der Waals surface area contributed by atoms with Crippen molar-refractivity contribution in [3.05, 3.63) is 12.2 Å². The molecule has 0 aliphatic carbocycles. The van der Waals surface area contributed by atoms with Gasteiger partial charge in [-0.15, -0.1) is 0 Å². The predicted octanol–water partition coefficient (Wildman–Crippen LogP) is 2.72. The highest BCUT2D eigenvalue weighted by atomic mass is 19.4. The van der Waals surface area contributed by atoms with Gasteiger partial charge in [-0.05, 0) is 12.5 Å². The lowest BCUT2D eigenvalue weighted by Gasteiger charge is -2.04. The molecule has 0 bridgehead atoms. The molecule has 0 fully saturated rings. The highest BCUT2D eigenvalue weighted by molar-refractivity contribution is 6.04. The summed E-state index contributed by atoms with van der Waals surface area (Å²) in [5.74, 6) is 0. The summed E-state index contributed by atoms with van der Waals surface area (Å²) in [6.45, 7) is 1.67. The SMILES string of the molecule is CC/C=C\C(=NC(=O)OC)C(F)(F)F. The molecule has 0 saturated heterocycles. The number of allylic oxidation sites excluding steroid dienone is 2. The summed E-state index contributed by atoms with van der Waals surface area (Å²) in [6, 6.07) is 0. The summed E-state index contributed by atoms with van der Waals surface area (Å²) in [6.07, 6.45) is -3.47. The number of rotatable bonds is 2. The van der Waals surface area contributed by atoms with Crippen molar-refractivity contribution >= 4 is 11.8 Å². The van der Waals surface area contributed by atoms with Gasteiger partial charge < -0.3 is 4.74 Å². The summed E-state index contributed by atoms with van der Waals surface area (Å²) in [5, 5.41) is 0. The van der Waals surface area contributed by atoms with E-state index in [9.17, 15) is 18.0 Å². The van der Waals surface area contributed by atoms with E-state index in [-0.39, 0.29) is 0 Å². The zero-order valence-electron chi connectivity index (χ0n) is 7.76. The number of carbonyl (C=O) groups excluding carboxylic acids is 1. The Hall–Kier alpha value is -1.33. The first-order valence-corrected chi connectivity index (χ1v) is 3.82. The molecule has 0 N–H and O–H groups in total. The van der Waals surface area contributed by atoms with Crippen molar-refractivity contribution in [3.63, 3.8) is 0 Å². The van der Waals surface area contributed by atoms with Crippen LogP contribution in [0.25, 0.3) is 0 Å². The predicted molar refractivity (Wildman–Crippen MR) is 45.3 cm³/mol. The third-order valence-electron chi connectivity index (χ3n) is 1.19. The largest absolute Gasteiger partial charge is 0.451 e. The summed E-state index contributed by atoms with van der Waals surface area (Å²) < 4.78 is 40.4. The Morgan fingerprint density at radius 1 is 1.50 bits per heavy atom. The summed E-state index contributed by atoms with van der Waals surface area (Å²) in [7, 11) is 0.962. The second-order valence-electron chi connectivity index (χ2n) is 2.28. The molecule has 14 heavy (non-hydrogen) atoms. The van der Waals surface area contributed by atoms with Crippen molar-refractivity contribution in [1.29, 1.82) is 0 Å². The zero-order valence-corrected chi connectivity index (χ0v) is 7.76. The second-order valence-corrected chi connectivity index (χ2v) is 2.28. The van der Waals surface area contributed by atoms with Gasteiger partial charge in [0.15, 0.2) is 5.71 Å². The average molecular weight is 209 g/mol. The topological polar surface area (TPSA) is 38.7 Å². The Labute approximate surface area is 79.3 Å². The first-order chi connectivity index (χ1) is 6.41. The van der Waals surface area contributed by atoms with Crippen molar-refractivity contribution in [3.8, 4) is 0 Å². The number of methoxy groups -OCH3 is 1. The Morgan fingerprint density at radius 3 is 2.43 bits per heavy atom. The van der Waals surface area contributed by atoms with Crippen LogP contribution in [0.3, 0.4) is 0 Å². The van der Waals surface area contributed by atoms with Crippen molar-refractivity contribution in [2.24, 2.45) is 4.99 Å². The third kappa shape index (κ3) is 4.64. The van der Waals surface area contributed by atoms with Gasteiger partial charge in [0.25, 0.3) is 0 Å². The van der Waals surface area contributed by atoms with Gasteiger partial charge >= 0.3 is 12.3 Å². The summed E-state index contributed by atoms with van der Waals surface area (Å²) >= 11 is 0. The quantitative estimate of drug-likeness (QED) is 0.656. The molecule has 0 aromatic carbocycles. The fourth-order valence-electron chi connectivity index (χ4n) is 0.569. The van der Waals surface area contributed by atoms with Crippen molar-refractivity contribution in [1.82, 2.24) is 0 Å². The van der Waals surface area contributed by atoms with Crippen LogP contribution in [0, 0.1) is 0 Å². The molecule has 0 aliphatic rings. The molecule has 0 aromatic heterocycles. The van der Waals surface area contributed by atoms with Crippen molar-refractivity contribution in [2.45, 2.75) is 19.5 Å². The lowest BCUT2D eigenvalue weighted by Crippen LogP contribution is -2.22. The van der Waals surface area contributed by atoms with Crippen molar-refractivity contribution in [2.75, 3.05) is 7.11 Å². The molecule has 0 saturated carbocycles. The Kier molecular flexibility index (Phi) is 4.90. The first-order valence-electron chi connectivity index (χ1n) is 3.82. The highest BCUT2D eigenvalue weighted by Gasteiger charge is 2.34. The van der Waals surface area contributed by atoms with Gasteiger partial charge in [-0.2, -0.15) is 18.2 Å². The first kappa shape index (κ1) is 12.7. The lowest BCUT2D eigenvalue weighted by molar-refractivity contribution is -0.0578. The molecule has 0 spiro atoms. The average Bonchev–Trinajstić information content (AvgIpc) is 2.09. The number of halogens is 3. The van der Waals surface area contributed by atoms with Gasteiger partial charge in [-0.25, -0.2) is 4.79 Å². The normalized spacial score (nSPS) is 13.4. The molecule has 80 valence electrons. The number of carbonyl (C=O) groups is 1. The van der Waals surface area contributed by atoms with E-state index in [0.717, 1.165) is 13.2 Å². The third-order valence-corrected chi connectivity index (χ3v) is 1.19.